The molecule has 1 aliphatic carbocycles. The standard InChI is InChI=1S/C28H26N4O5/c1-37-23-11-5-4-10-22(23)30-25(34)19-12-14-20(15-13-19)29-24(33)17-32-26(35)28(31-27(32)36)16-6-8-18-7-2-3-9-21(18)28/h2-5,7,9-15H,6,8,16-17H2,1H3,(H,29,33)(H,30,34)(H,31,36). The smallest absolute Gasteiger partial charge is 0.325 e. The van der Waals surface area contributed by atoms with Gasteiger partial charge in [-0.2, -0.15) is 0 Å². The number of anilines is 2. The van der Waals surface area contributed by atoms with E-state index in [-0.39, 0.29) is 5.91 Å². The molecule has 2 aliphatic rings. The lowest BCUT2D eigenvalue weighted by molar-refractivity contribution is -0.134. The Morgan fingerprint density at radius 1 is 0.973 bits per heavy atom. The van der Waals surface area contributed by atoms with Gasteiger partial charge in [-0.15, -0.1) is 0 Å². The topological polar surface area (TPSA) is 117 Å². The molecule has 9 heteroatoms. The molecule has 1 aliphatic heterocycles. The molecule has 0 saturated carbocycles. The first-order chi connectivity index (χ1) is 17.9. The van der Waals surface area contributed by atoms with Crippen molar-refractivity contribution < 1.29 is 23.9 Å². The predicted octanol–water partition coefficient (Wildman–Crippen LogP) is 3.67. The van der Waals surface area contributed by atoms with Crippen LogP contribution in [0.4, 0.5) is 16.2 Å². The third-order valence-corrected chi connectivity index (χ3v) is 6.74. The van der Waals surface area contributed by atoms with E-state index in [1.807, 2.05) is 24.3 Å². The van der Waals surface area contributed by atoms with E-state index in [4.69, 9.17) is 4.74 Å². The third kappa shape index (κ3) is 4.51. The highest BCUT2D eigenvalue weighted by Gasteiger charge is 2.54. The zero-order valence-electron chi connectivity index (χ0n) is 20.2. The van der Waals surface area contributed by atoms with Crippen molar-refractivity contribution in [2.75, 3.05) is 24.3 Å². The third-order valence-electron chi connectivity index (χ3n) is 6.74. The average Bonchev–Trinajstić information content (AvgIpc) is 3.14. The van der Waals surface area contributed by atoms with E-state index in [0.717, 1.165) is 28.9 Å². The Balaban J connectivity index is 1.23. The van der Waals surface area contributed by atoms with Crippen molar-refractivity contribution in [3.63, 3.8) is 0 Å². The van der Waals surface area contributed by atoms with Crippen LogP contribution in [0.3, 0.4) is 0 Å². The zero-order chi connectivity index (χ0) is 26.0. The number of hydrogen-bond acceptors (Lipinski definition) is 5. The van der Waals surface area contributed by atoms with Crippen LogP contribution in [0.2, 0.25) is 0 Å². The summed E-state index contributed by atoms with van der Waals surface area (Å²) >= 11 is 0. The van der Waals surface area contributed by atoms with Gasteiger partial charge in [-0.3, -0.25) is 19.3 Å². The molecule has 37 heavy (non-hydrogen) atoms. The Morgan fingerprint density at radius 3 is 2.49 bits per heavy atom. The lowest BCUT2D eigenvalue weighted by Gasteiger charge is -2.33. The fourth-order valence-corrected chi connectivity index (χ4v) is 4.95. The Kier molecular flexibility index (Phi) is 6.35. The Bertz CT molecular complexity index is 1390. The number of methoxy groups -OCH3 is 1. The van der Waals surface area contributed by atoms with E-state index < -0.39 is 29.9 Å². The summed E-state index contributed by atoms with van der Waals surface area (Å²) in [5.74, 6) is -0.725. The van der Waals surface area contributed by atoms with Crippen LogP contribution in [0.25, 0.3) is 0 Å². The number of imide groups is 1. The summed E-state index contributed by atoms with van der Waals surface area (Å²) in [4.78, 5) is 52.4. The second-order valence-electron chi connectivity index (χ2n) is 9.02. The molecule has 0 radical (unpaired) electrons. The Hall–Kier alpha value is -4.66. The highest BCUT2D eigenvalue weighted by molar-refractivity contribution is 6.11. The second kappa shape index (κ2) is 9.77. The molecule has 3 N–H and O–H groups in total. The molecule has 1 spiro atoms. The maximum absolute atomic E-state index is 13.4. The van der Waals surface area contributed by atoms with Crippen molar-refractivity contribution >= 4 is 35.1 Å². The molecule has 0 aromatic heterocycles. The molecule has 3 aromatic rings. The molecule has 1 fully saturated rings. The lowest BCUT2D eigenvalue weighted by Crippen LogP contribution is -2.47. The molecule has 1 unspecified atom stereocenters. The Morgan fingerprint density at radius 2 is 1.70 bits per heavy atom. The van der Waals surface area contributed by atoms with Crippen LogP contribution in [0.15, 0.2) is 72.8 Å². The van der Waals surface area contributed by atoms with Crippen LogP contribution >= 0.6 is 0 Å². The van der Waals surface area contributed by atoms with Crippen LogP contribution < -0.4 is 20.7 Å². The summed E-state index contributed by atoms with van der Waals surface area (Å²) in [6, 6.07) is 20.4. The lowest BCUT2D eigenvalue weighted by atomic mass is 9.76. The van der Waals surface area contributed by atoms with Crippen molar-refractivity contribution in [2.24, 2.45) is 0 Å². The summed E-state index contributed by atoms with van der Waals surface area (Å²) in [6.07, 6.45) is 2.10. The van der Waals surface area contributed by atoms with E-state index in [1.165, 1.54) is 7.11 Å². The van der Waals surface area contributed by atoms with Gasteiger partial charge in [0.05, 0.1) is 12.8 Å². The number of ether oxygens (including phenoxy) is 1. The fraction of sp³-hybridized carbons (Fsp3) is 0.214. The molecular weight excluding hydrogens is 472 g/mol. The van der Waals surface area contributed by atoms with Gasteiger partial charge in [-0.05, 0) is 66.8 Å². The van der Waals surface area contributed by atoms with Gasteiger partial charge in [-0.1, -0.05) is 36.4 Å². The number of aryl methyl sites for hydroxylation is 1. The molecule has 188 valence electrons. The summed E-state index contributed by atoms with van der Waals surface area (Å²) in [5, 5.41) is 8.33. The highest BCUT2D eigenvalue weighted by atomic mass is 16.5. The number of benzene rings is 3. The van der Waals surface area contributed by atoms with Gasteiger partial charge in [-0.25, -0.2) is 4.79 Å². The van der Waals surface area contributed by atoms with E-state index in [1.54, 1.807) is 48.5 Å². The zero-order valence-corrected chi connectivity index (χ0v) is 20.2. The average molecular weight is 499 g/mol. The van der Waals surface area contributed by atoms with Crippen LogP contribution in [-0.4, -0.2) is 42.3 Å². The molecule has 1 atom stereocenters. The fourth-order valence-electron chi connectivity index (χ4n) is 4.95. The molecule has 1 heterocycles. The predicted molar refractivity (Wildman–Crippen MR) is 137 cm³/mol. The number of amides is 5. The number of carbonyl (C=O) groups excluding carboxylic acids is 4. The minimum Gasteiger partial charge on any atom is -0.495 e. The number of urea groups is 1. The van der Waals surface area contributed by atoms with Crippen molar-refractivity contribution in [1.82, 2.24) is 10.2 Å². The molecule has 5 rings (SSSR count). The van der Waals surface area contributed by atoms with Crippen LogP contribution in [-0.2, 0) is 21.5 Å². The molecule has 0 bridgehead atoms. The van der Waals surface area contributed by atoms with E-state index in [0.29, 0.717) is 29.1 Å². The largest absolute Gasteiger partial charge is 0.495 e. The number of para-hydroxylation sites is 2. The molecule has 3 aromatic carbocycles. The van der Waals surface area contributed by atoms with Gasteiger partial charge in [0.2, 0.25) is 5.91 Å². The summed E-state index contributed by atoms with van der Waals surface area (Å²) < 4.78 is 5.25. The van der Waals surface area contributed by atoms with Crippen LogP contribution in [0, 0.1) is 0 Å². The maximum atomic E-state index is 13.4. The summed E-state index contributed by atoms with van der Waals surface area (Å²) in [6.45, 7) is -0.412. The van der Waals surface area contributed by atoms with Gasteiger partial charge < -0.3 is 20.7 Å². The normalized spacial score (nSPS) is 18.2. The highest BCUT2D eigenvalue weighted by Crippen LogP contribution is 2.39. The number of rotatable bonds is 6. The van der Waals surface area contributed by atoms with Crippen molar-refractivity contribution in [3.05, 3.63) is 89.5 Å². The van der Waals surface area contributed by atoms with Crippen LogP contribution in [0.5, 0.6) is 5.75 Å². The van der Waals surface area contributed by atoms with E-state index >= 15 is 0 Å². The second-order valence-corrected chi connectivity index (χ2v) is 9.02. The number of hydrogen-bond donors (Lipinski definition) is 3. The summed E-state index contributed by atoms with van der Waals surface area (Å²) in [5.41, 5.74) is 2.06. The number of nitrogens with zero attached hydrogens (tertiary/aromatic N) is 1. The quantitative estimate of drug-likeness (QED) is 0.449. The van der Waals surface area contributed by atoms with Crippen molar-refractivity contribution in [1.29, 1.82) is 0 Å². The number of fused-ring (bicyclic) bond motifs is 2. The first-order valence-electron chi connectivity index (χ1n) is 12.0. The van der Waals surface area contributed by atoms with Gasteiger partial charge >= 0.3 is 6.03 Å². The maximum Gasteiger partial charge on any atom is 0.325 e. The van der Waals surface area contributed by atoms with Crippen LogP contribution in [0.1, 0.15) is 34.3 Å². The van der Waals surface area contributed by atoms with Gasteiger partial charge in [0.15, 0.2) is 0 Å². The summed E-state index contributed by atoms with van der Waals surface area (Å²) in [7, 11) is 1.52. The van der Waals surface area contributed by atoms with Crippen molar-refractivity contribution in [2.45, 2.75) is 24.8 Å². The van der Waals surface area contributed by atoms with E-state index in [2.05, 4.69) is 16.0 Å². The molecular formula is C28H26N4O5. The SMILES string of the molecule is COc1ccccc1NC(=O)c1ccc(NC(=O)CN2C(=O)NC3(CCCc4ccccc43)C2=O)cc1. The number of nitrogens with one attached hydrogen (secondary N) is 3. The first-order valence-corrected chi connectivity index (χ1v) is 12.0. The van der Waals surface area contributed by atoms with Gasteiger partial charge in [0.25, 0.3) is 11.8 Å². The minimum absolute atomic E-state index is 0.334. The van der Waals surface area contributed by atoms with Gasteiger partial charge in [0.1, 0.15) is 17.8 Å². The first kappa shape index (κ1) is 24.1. The van der Waals surface area contributed by atoms with Crippen molar-refractivity contribution in [3.8, 4) is 5.75 Å². The molecule has 1 saturated heterocycles. The number of carbonyl (C=O) groups is 4. The van der Waals surface area contributed by atoms with E-state index in [9.17, 15) is 19.2 Å². The molecule has 9 nitrogen and oxygen atoms in total. The van der Waals surface area contributed by atoms with Gasteiger partial charge in [0, 0.05) is 11.3 Å². The monoisotopic (exact) mass is 498 g/mol. The minimum atomic E-state index is -1.12. The molecule has 5 amide bonds. The Labute approximate surface area is 213 Å².